The number of aromatic nitrogens is 3. The van der Waals surface area contributed by atoms with Crippen LogP contribution in [0.25, 0.3) is 11.1 Å². The van der Waals surface area contributed by atoms with Crippen molar-refractivity contribution in [3.8, 4) is 23.5 Å². The summed E-state index contributed by atoms with van der Waals surface area (Å²) >= 11 is 0. The van der Waals surface area contributed by atoms with Crippen LogP contribution in [0, 0.1) is 12.3 Å². The third-order valence-corrected chi connectivity index (χ3v) is 5.60. The molecule has 3 aromatic rings. The third kappa shape index (κ3) is 5.47. The fourth-order valence-electron chi connectivity index (χ4n) is 4.05. The summed E-state index contributed by atoms with van der Waals surface area (Å²) < 4.78 is 6.74. The van der Waals surface area contributed by atoms with Crippen LogP contribution >= 0.6 is 0 Å². The quantitative estimate of drug-likeness (QED) is 0.454. The maximum atomic E-state index is 12.3. The highest BCUT2D eigenvalue weighted by Crippen LogP contribution is 2.44. The Balaban J connectivity index is 1.29. The average molecular weight is 473 g/mol. The number of carbonyl (C=O) groups excluding carboxylic acids is 2. The minimum absolute atomic E-state index is 0.0446. The molecule has 4 rings (SSSR count). The van der Waals surface area contributed by atoms with Gasteiger partial charge in [0.05, 0.1) is 19.3 Å². The van der Waals surface area contributed by atoms with Gasteiger partial charge in [-0.3, -0.25) is 9.59 Å². The first-order valence-corrected chi connectivity index (χ1v) is 10.9. The summed E-state index contributed by atoms with van der Waals surface area (Å²) in [5.74, 6) is 0.537. The van der Waals surface area contributed by atoms with E-state index in [4.69, 9.17) is 16.3 Å². The molecular weight excluding hydrogens is 450 g/mol. The van der Waals surface area contributed by atoms with Crippen LogP contribution in [0.15, 0.2) is 54.7 Å². The van der Waals surface area contributed by atoms with Crippen molar-refractivity contribution >= 4 is 18.0 Å². The van der Waals surface area contributed by atoms with Crippen molar-refractivity contribution in [3.63, 3.8) is 0 Å². The average Bonchev–Trinajstić information content (AvgIpc) is 3.43. The Morgan fingerprint density at radius 2 is 1.77 bits per heavy atom. The van der Waals surface area contributed by atoms with E-state index >= 15 is 0 Å². The molecule has 10 heteroatoms. The first-order chi connectivity index (χ1) is 17.0. The lowest BCUT2D eigenvalue weighted by molar-refractivity contribution is -0.144. The predicted molar refractivity (Wildman–Crippen MR) is 125 cm³/mol. The number of hydrogen-bond donors (Lipinski definition) is 2. The number of fused-ring (bicyclic) bond motifs is 3. The van der Waals surface area contributed by atoms with Gasteiger partial charge < -0.3 is 20.1 Å². The second kappa shape index (κ2) is 10.5. The first-order valence-electron chi connectivity index (χ1n) is 10.9. The van der Waals surface area contributed by atoms with Crippen molar-refractivity contribution < 1.29 is 24.2 Å². The zero-order valence-corrected chi connectivity index (χ0v) is 18.8. The van der Waals surface area contributed by atoms with Crippen LogP contribution in [0.4, 0.5) is 4.79 Å². The zero-order valence-electron chi connectivity index (χ0n) is 18.8. The number of alkyl carbamates (subject to hydrolysis) is 1. The van der Waals surface area contributed by atoms with E-state index < -0.39 is 24.5 Å². The number of terminal acetylenes is 1. The topological polar surface area (TPSA) is 127 Å². The highest BCUT2D eigenvalue weighted by atomic mass is 16.5. The normalized spacial score (nSPS) is 11.7. The molecule has 0 saturated carbocycles. The van der Waals surface area contributed by atoms with E-state index in [1.807, 2.05) is 36.4 Å². The highest BCUT2D eigenvalue weighted by molar-refractivity contribution is 5.81. The van der Waals surface area contributed by atoms with E-state index in [1.54, 1.807) is 0 Å². The van der Waals surface area contributed by atoms with Gasteiger partial charge in [0.15, 0.2) is 0 Å². The summed E-state index contributed by atoms with van der Waals surface area (Å²) in [5, 5.41) is 19.3. The van der Waals surface area contributed by atoms with Gasteiger partial charge in [0.2, 0.25) is 5.91 Å². The van der Waals surface area contributed by atoms with Gasteiger partial charge in [-0.25, -0.2) is 9.48 Å². The number of nitrogens with one attached hydrogen (secondary N) is 1. The van der Waals surface area contributed by atoms with Gasteiger partial charge in [0.25, 0.3) is 0 Å². The molecule has 1 aliphatic carbocycles. The number of carboxylic acid groups (broad SMARTS) is 1. The van der Waals surface area contributed by atoms with Gasteiger partial charge >= 0.3 is 12.1 Å². The van der Waals surface area contributed by atoms with Gasteiger partial charge in [-0.2, -0.15) is 0 Å². The molecule has 1 heterocycles. The lowest BCUT2D eigenvalue weighted by atomic mass is 9.98. The number of ether oxygens (including phenoxy) is 1. The molecule has 2 amide bonds. The van der Waals surface area contributed by atoms with E-state index in [9.17, 15) is 14.4 Å². The first kappa shape index (κ1) is 23.5. The molecule has 0 spiro atoms. The van der Waals surface area contributed by atoms with Gasteiger partial charge in [0.1, 0.15) is 25.4 Å². The van der Waals surface area contributed by atoms with E-state index in [-0.39, 0.29) is 32.2 Å². The van der Waals surface area contributed by atoms with E-state index in [0.29, 0.717) is 5.69 Å². The fourth-order valence-corrected chi connectivity index (χ4v) is 4.05. The van der Waals surface area contributed by atoms with Crippen LogP contribution in [0.2, 0.25) is 0 Å². The standard InChI is InChI=1S/C25H23N5O5/c1-2-11-29(15-24(32)33)23(31)14-30-13-17(27-28-30)12-26-25(34)35-16-22-20-9-5-3-7-18(20)19-8-4-6-10-21(19)22/h1,3-10,13,22H,11-12,14-16H2,(H,26,34)(H,32,33). The molecule has 2 N–H and O–H groups in total. The lowest BCUT2D eigenvalue weighted by Crippen LogP contribution is -2.38. The number of carbonyl (C=O) groups is 3. The zero-order chi connectivity index (χ0) is 24.8. The molecule has 1 aromatic heterocycles. The second-order valence-corrected chi connectivity index (χ2v) is 7.93. The molecule has 0 fully saturated rings. The Hall–Kier alpha value is -4.65. The predicted octanol–water partition coefficient (Wildman–Crippen LogP) is 1.86. The Kier molecular flexibility index (Phi) is 7.07. The van der Waals surface area contributed by atoms with Gasteiger partial charge in [-0.15, -0.1) is 11.5 Å². The molecular formula is C25H23N5O5. The second-order valence-electron chi connectivity index (χ2n) is 7.93. The molecule has 0 atom stereocenters. The summed E-state index contributed by atoms with van der Waals surface area (Å²) in [4.78, 5) is 36.5. The van der Waals surface area contributed by atoms with Crippen LogP contribution in [0.3, 0.4) is 0 Å². The molecule has 0 radical (unpaired) electrons. The molecule has 178 valence electrons. The largest absolute Gasteiger partial charge is 0.480 e. The maximum absolute atomic E-state index is 12.3. The monoisotopic (exact) mass is 473 g/mol. The van der Waals surface area contributed by atoms with Crippen molar-refractivity contribution in [1.29, 1.82) is 0 Å². The number of benzene rings is 2. The van der Waals surface area contributed by atoms with Gasteiger partial charge in [-0.1, -0.05) is 59.7 Å². The third-order valence-electron chi connectivity index (χ3n) is 5.60. The molecule has 35 heavy (non-hydrogen) atoms. The molecule has 0 unspecified atom stereocenters. The van der Waals surface area contributed by atoms with Crippen molar-refractivity contribution in [3.05, 3.63) is 71.5 Å². The Bertz CT molecular complexity index is 1250. The Labute approximate surface area is 201 Å². The van der Waals surface area contributed by atoms with Crippen molar-refractivity contribution in [1.82, 2.24) is 25.2 Å². The fraction of sp³-hybridized carbons (Fsp3) is 0.240. The van der Waals surface area contributed by atoms with Crippen LogP contribution in [0.1, 0.15) is 22.7 Å². The smallest absolute Gasteiger partial charge is 0.407 e. The number of aliphatic carboxylic acids is 1. The van der Waals surface area contributed by atoms with Crippen molar-refractivity contribution in [2.24, 2.45) is 0 Å². The SMILES string of the molecule is C#CCN(CC(=O)O)C(=O)Cn1cc(CNC(=O)OCC2c3ccccc3-c3ccccc32)nn1. The van der Waals surface area contributed by atoms with Crippen molar-refractivity contribution in [2.75, 3.05) is 19.7 Å². The summed E-state index contributed by atoms with van der Waals surface area (Å²) in [5.41, 5.74) is 4.94. The molecule has 2 aromatic carbocycles. The van der Waals surface area contributed by atoms with E-state index in [1.165, 1.54) is 10.9 Å². The summed E-state index contributed by atoms with van der Waals surface area (Å²) in [7, 11) is 0. The van der Waals surface area contributed by atoms with Crippen LogP contribution in [-0.2, 0) is 27.4 Å². The summed E-state index contributed by atoms with van der Waals surface area (Å²) in [6, 6.07) is 16.1. The van der Waals surface area contributed by atoms with Crippen molar-refractivity contribution in [2.45, 2.75) is 19.0 Å². The Morgan fingerprint density at radius 1 is 1.11 bits per heavy atom. The lowest BCUT2D eigenvalue weighted by Gasteiger charge is -2.17. The minimum atomic E-state index is -1.17. The van der Waals surface area contributed by atoms with E-state index in [0.717, 1.165) is 27.2 Å². The summed E-state index contributed by atoms with van der Waals surface area (Å²) in [6.45, 7) is -0.624. The molecule has 10 nitrogen and oxygen atoms in total. The molecule has 1 aliphatic rings. The Morgan fingerprint density at radius 3 is 2.40 bits per heavy atom. The molecule has 0 aliphatic heterocycles. The maximum Gasteiger partial charge on any atom is 0.407 e. The number of carboxylic acids is 1. The van der Waals surface area contributed by atoms with Crippen LogP contribution < -0.4 is 5.32 Å². The van der Waals surface area contributed by atoms with Gasteiger partial charge in [-0.05, 0) is 22.3 Å². The minimum Gasteiger partial charge on any atom is -0.480 e. The van der Waals surface area contributed by atoms with Crippen LogP contribution in [0.5, 0.6) is 0 Å². The van der Waals surface area contributed by atoms with E-state index in [2.05, 4.69) is 33.7 Å². The molecule has 0 bridgehead atoms. The number of amides is 2. The highest BCUT2D eigenvalue weighted by Gasteiger charge is 2.29. The number of hydrogen-bond acceptors (Lipinski definition) is 6. The molecule has 0 saturated heterocycles. The number of rotatable bonds is 9. The number of nitrogens with zero attached hydrogens (tertiary/aromatic N) is 4. The van der Waals surface area contributed by atoms with Crippen LogP contribution in [-0.4, -0.2) is 62.7 Å². The summed E-state index contributed by atoms with van der Waals surface area (Å²) in [6.07, 6.45) is 6.08. The van der Waals surface area contributed by atoms with Gasteiger partial charge in [0, 0.05) is 5.92 Å².